The van der Waals surface area contributed by atoms with E-state index in [4.69, 9.17) is 20.2 Å². The van der Waals surface area contributed by atoms with Gasteiger partial charge in [0.25, 0.3) is 0 Å². The Morgan fingerprint density at radius 1 is 0.466 bits per heavy atom. The molecule has 0 amide bonds. The molecule has 12 rings (SSSR count). The van der Waals surface area contributed by atoms with Crippen LogP contribution in [-0.4, -0.2) is 112 Å². The highest BCUT2D eigenvalue weighted by atomic mass is 19.4. The van der Waals surface area contributed by atoms with Gasteiger partial charge in [-0.05, 0) is 61.8 Å². The van der Waals surface area contributed by atoms with Gasteiger partial charge in [0, 0.05) is 84.5 Å². The van der Waals surface area contributed by atoms with Crippen molar-refractivity contribution in [3.63, 3.8) is 0 Å². The molecule has 460 valence electrons. The molecule has 2 fully saturated rings. The number of aromatic nitrogens is 8. The topological polar surface area (TPSA) is 168 Å². The lowest BCUT2D eigenvalue weighted by Crippen LogP contribution is -2.43. The average molecular weight is 1210 g/mol. The Hall–Kier alpha value is -8.10. The summed E-state index contributed by atoms with van der Waals surface area (Å²) in [7, 11) is 0. The fraction of sp³-hybridized carbons (Fsp3) is 0.412. The highest BCUT2D eigenvalue weighted by Gasteiger charge is 2.56. The number of hydrogen-bond acceptors (Lipinski definition) is 12. The summed E-state index contributed by atoms with van der Waals surface area (Å²) in [6, 6.07) is 40.7. The van der Waals surface area contributed by atoms with Crippen LogP contribution in [0, 0.1) is 13.8 Å². The van der Waals surface area contributed by atoms with E-state index in [1.807, 2.05) is 175 Å². The largest absolute Gasteiger partial charge is 0.398 e. The Labute approximate surface area is 507 Å². The summed E-state index contributed by atoms with van der Waals surface area (Å²) in [6.45, 7) is 14.4. The van der Waals surface area contributed by atoms with Crippen molar-refractivity contribution in [1.29, 1.82) is 0 Å². The summed E-state index contributed by atoms with van der Waals surface area (Å²) >= 11 is 0. The zero-order chi connectivity index (χ0) is 62.3. The van der Waals surface area contributed by atoms with Crippen LogP contribution >= 0.6 is 0 Å². The van der Waals surface area contributed by atoms with Crippen LogP contribution in [0.2, 0.25) is 0 Å². The van der Waals surface area contributed by atoms with Crippen molar-refractivity contribution >= 4 is 23.2 Å². The minimum Gasteiger partial charge on any atom is -0.384 e. The quantitative estimate of drug-likeness (QED) is 0.111. The number of Topliss-reactive ketones (excluding diaryl/α,β-unsaturated/α-hetero) is 2. The Morgan fingerprint density at radius 3 is 1.03 bits per heavy atom. The first-order chi connectivity index (χ1) is 42.0. The van der Waals surface area contributed by atoms with E-state index >= 15 is 0 Å². The van der Waals surface area contributed by atoms with Crippen molar-refractivity contribution in [2.75, 3.05) is 36.0 Å². The third-order valence-corrected chi connectivity index (χ3v) is 17.6. The van der Waals surface area contributed by atoms with Gasteiger partial charge in [0.2, 0.25) is 0 Å². The molecule has 0 spiro atoms. The molecule has 4 aliphatic rings. The lowest BCUT2D eigenvalue weighted by atomic mass is 9.78. The van der Waals surface area contributed by atoms with E-state index in [2.05, 4.69) is 19.8 Å². The van der Waals surface area contributed by atoms with Gasteiger partial charge in [0.1, 0.15) is 59.4 Å². The van der Waals surface area contributed by atoms with Crippen molar-refractivity contribution in [1.82, 2.24) is 39.5 Å². The molecule has 0 radical (unpaired) electrons. The number of halogens is 6. The monoisotopic (exact) mass is 1210 g/mol. The predicted octanol–water partition coefficient (Wildman–Crippen LogP) is 12.5. The van der Waals surface area contributed by atoms with E-state index in [1.54, 1.807) is 9.36 Å². The number of ketones is 2. The molecular formula is C68H72F6N10O4. The number of aryl methyl sites for hydroxylation is 2. The molecule has 6 heterocycles. The Kier molecular flexibility index (Phi) is 17.6. The SMILES string of the molecule is Cc1cc(N2CCC(c3nn(C(c4ccccc4)c4ccccc4)c4c3[C@@H](C(F)(F)F)[C@H](O)C(=O)C4)CC2)nc(C(C)C)n1.Cc1cc(N2CCC(c3nn(C(c4ccccc4)c4ccccc4)c4c3[C@H](C(F)(F)F)[C@@H](O)C(=O)C4)CC2)nc(C(C)C)n1. The second-order valence-electron chi connectivity index (χ2n) is 24.3. The number of anilines is 2. The Bertz CT molecular complexity index is 3430. The maximum Gasteiger partial charge on any atom is 0.398 e. The van der Waals surface area contributed by atoms with Crippen molar-refractivity contribution in [3.8, 4) is 0 Å². The summed E-state index contributed by atoms with van der Waals surface area (Å²) in [6.07, 6.45) is -12.4. The molecule has 20 heteroatoms. The summed E-state index contributed by atoms with van der Waals surface area (Å²) in [5.41, 5.74) is 6.12. The first kappa shape index (κ1) is 61.5. The molecule has 14 nitrogen and oxygen atoms in total. The second kappa shape index (κ2) is 25.2. The van der Waals surface area contributed by atoms with E-state index < -0.39 is 60.0 Å². The number of piperidine rings is 2. The minimum atomic E-state index is -4.83. The number of aliphatic hydroxyl groups excluding tert-OH is 2. The van der Waals surface area contributed by atoms with Crippen molar-refractivity contribution < 1.29 is 46.1 Å². The van der Waals surface area contributed by atoms with Crippen LogP contribution < -0.4 is 9.80 Å². The summed E-state index contributed by atoms with van der Waals surface area (Å²) in [5, 5.41) is 31.3. The number of fused-ring (bicyclic) bond motifs is 2. The third-order valence-electron chi connectivity index (χ3n) is 17.6. The van der Waals surface area contributed by atoms with Crippen LogP contribution in [0.15, 0.2) is 133 Å². The van der Waals surface area contributed by atoms with E-state index in [0.29, 0.717) is 63.3 Å². The van der Waals surface area contributed by atoms with Gasteiger partial charge in [-0.25, -0.2) is 19.9 Å². The molecule has 2 aliphatic carbocycles. The third kappa shape index (κ3) is 12.5. The number of aliphatic hydroxyl groups is 2. The first-order valence-corrected chi connectivity index (χ1v) is 30.2. The lowest BCUT2D eigenvalue weighted by molar-refractivity contribution is -0.179. The fourth-order valence-corrected chi connectivity index (χ4v) is 13.2. The lowest BCUT2D eigenvalue weighted by Gasteiger charge is -2.35. The predicted molar refractivity (Wildman–Crippen MR) is 322 cm³/mol. The first-order valence-electron chi connectivity index (χ1n) is 30.2. The van der Waals surface area contributed by atoms with E-state index in [0.717, 1.165) is 56.9 Å². The molecule has 4 atom stereocenters. The number of rotatable bonds is 12. The van der Waals surface area contributed by atoms with Gasteiger partial charge in [-0.2, -0.15) is 36.5 Å². The van der Waals surface area contributed by atoms with Crippen molar-refractivity contribution in [2.24, 2.45) is 0 Å². The molecule has 0 unspecified atom stereocenters. The number of benzene rings is 4. The van der Waals surface area contributed by atoms with Gasteiger partial charge in [-0.1, -0.05) is 149 Å². The van der Waals surface area contributed by atoms with Gasteiger partial charge in [0.05, 0.1) is 35.6 Å². The van der Waals surface area contributed by atoms with Crippen molar-refractivity contribution in [3.05, 3.63) is 213 Å². The molecule has 4 aromatic heterocycles. The summed E-state index contributed by atoms with van der Waals surface area (Å²) < 4.78 is 91.4. The number of carbonyl (C=O) groups excluding carboxylic acids is 2. The molecule has 2 N–H and O–H groups in total. The van der Waals surface area contributed by atoms with Crippen molar-refractivity contribution in [2.45, 2.75) is 152 Å². The van der Waals surface area contributed by atoms with Crippen LogP contribution in [0.4, 0.5) is 38.0 Å². The second-order valence-corrected chi connectivity index (χ2v) is 24.3. The van der Waals surface area contributed by atoms with Crippen LogP contribution in [0.25, 0.3) is 0 Å². The zero-order valence-corrected chi connectivity index (χ0v) is 50.0. The summed E-state index contributed by atoms with van der Waals surface area (Å²) in [5.74, 6) is -3.44. The standard InChI is InChI=1S/2C34H36F3N5O2/c2*1-20(2)33-38-21(3)18-27(39-33)41-16-14-22(15-17-41)30-28-25(19-26(43)32(44)29(28)34(35,36)37)42(40-30)31(23-10-6-4-7-11-23)24-12-8-5-9-13-24/h2*4-13,18,20,22,29,31-32,44H,14-17,19H2,1-3H3/t2*29-,32-/m10/s1. The maximum absolute atomic E-state index is 14.7. The molecular weight excluding hydrogens is 1130 g/mol. The number of nitrogens with zero attached hydrogens (tertiary/aromatic N) is 10. The Balaban J connectivity index is 0.000000182. The average Bonchev–Trinajstić information content (AvgIpc) is 1.57. The summed E-state index contributed by atoms with van der Waals surface area (Å²) in [4.78, 5) is 48.8. The molecule has 88 heavy (non-hydrogen) atoms. The Morgan fingerprint density at radius 2 is 0.761 bits per heavy atom. The van der Waals surface area contributed by atoms with Crippen LogP contribution in [0.5, 0.6) is 0 Å². The van der Waals surface area contributed by atoms with E-state index in [-0.39, 0.29) is 59.0 Å². The zero-order valence-electron chi connectivity index (χ0n) is 50.0. The molecule has 0 bridgehead atoms. The van der Waals surface area contributed by atoms with E-state index in [9.17, 15) is 46.1 Å². The van der Waals surface area contributed by atoms with Crippen LogP contribution in [0.3, 0.4) is 0 Å². The minimum absolute atomic E-state index is 0.0418. The van der Waals surface area contributed by atoms with E-state index in [1.165, 1.54) is 0 Å². The highest BCUT2D eigenvalue weighted by molar-refractivity contribution is 5.89. The fourth-order valence-electron chi connectivity index (χ4n) is 13.2. The molecule has 8 aromatic rings. The van der Waals surface area contributed by atoms with Crippen LogP contribution in [-0.2, 0) is 22.4 Å². The maximum atomic E-state index is 14.7. The van der Waals surface area contributed by atoms with Crippen LogP contribution in [0.1, 0.15) is 180 Å². The van der Waals surface area contributed by atoms with Gasteiger partial charge in [-0.15, -0.1) is 0 Å². The molecule has 2 saturated heterocycles. The number of hydrogen-bond donors (Lipinski definition) is 2. The van der Waals surface area contributed by atoms with Gasteiger partial charge >= 0.3 is 12.4 Å². The van der Waals surface area contributed by atoms with Gasteiger partial charge in [-0.3, -0.25) is 19.0 Å². The smallest absolute Gasteiger partial charge is 0.384 e. The van der Waals surface area contributed by atoms with Gasteiger partial charge in [0.15, 0.2) is 11.6 Å². The molecule has 0 saturated carbocycles. The molecule has 4 aromatic carbocycles. The van der Waals surface area contributed by atoms with Gasteiger partial charge < -0.3 is 20.0 Å². The highest BCUT2D eigenvalue weighted by Crippen LogP contribution is 2.50. The molecule has 2 aliphatic heterocycles. The number of carbonyl (C=O) groups is 2. The normalized spacial score (nSPS) is 19.6. The number of alkyl halides is 6.